The Hall–Kier alpha value is -2.11. The fourth-order valence-corrected chi connectivity index (χ4v) is 5.20. The predicted octanol–water partition coefficient (Wildman–Crippen LogP) is 4.00. The minimum absolute atomic E-state index is 0.0486. The van der Waals surface area contributed by atoms with E-state index in [0.717, 1.165) is 31.9 Å². The van der Waals surface area contributed by atoms with Gasteiger partial charge >= 0.3 is 0 Å². The molecule has 5 heteroatoms. The lowest BCUT2D eigenvalue weighted by Crippen LogP contribution is -2.44. The zero-order valence-corrected chi connectivity index (χ0v) is 18.6. The Morgan fingerprint density at radius 2 is 1.80 bits per heavy atom. The van der Waals surface area contributed by atoms with E-state index in [1.54, 1.807) is 12.3 Å². The summed E-state index contributed by atoms with van der Waals surface area (Å²) < 4.78 is 5.08. The van der Waals surface area contributed by atoms with E-state index in [1.165, 1.54) is 50.6 Å². The highest BCUT2D eigenvalue weighted by molar-refractivity contribution is 5.25. The van der Waals surface area contributed by atoms with Crippen LogP contribution in [0.5, 0.6) is 5.75 Å². The molecule has 1 aromatic heterocycles. The first-order chi connectivity index (χ1) is 14.5. The third-order valence-corrected chi connectivity index (χ3v) is 6.86. The maximum absolute atomic E-state index is 12.0. The number of ether oxygens (including phenoxy) is 1. The second-order valence-electron chi connectivity index (χ2n) is 9.56. The predicted molar refractivity (Wildman–Crippen MR) is 121 cm³/mol. The van der Waals surface area contributed by atoms with Gasteiger partial charge in [0.15, 0.2) is 5.75 Å². The molecule has 1 N–H and O–H groups in total. The number of hydrogen-bond donors (Lipinski definition) is 1. The molecule has 0 unspecified atom stereocenters. The van der Waals surface area contributed by atoms with Crippen LogP contribution < -0.4 is 10.2 Å². The van der Waals surface area contributed by atoms with Crippen LogP contribution in [0.4, 0.5) is 0 Å². The Morgan fingerprint density at radius 3 is 2.47 bits per heavy atom. The number of H-pyrrole nitrogens is 1. The van der Waals surface area contributed by atoms with Crippen LogP contribution in [0.25, 0.3) is 0 Å². The Balaban J connectivity index is 1.35. The van der Waals surface area contributed by atoms with E-state index >= 15 is 0 Å². The van der Waals surface area contributed by atoms with Gasteiger partial charge in [-0.3, -0.25) is 14.6 Å². The summed E-state index contributed by atoms with van der Waals surface area (Å²) in [4.78, 5) is 20.4. The minimum atomic E-state index is -0.0486. The molecule has 2 fully saturated rings. The number of piperidine rings is 1. The average Bonchev–Trinajstić information content (AvgIpc) is 3.10. The molecule has 2 saturated heterocycles. The van der Waals surface area contributed by atoms with Gasteiger partial charge in [0.25, 0.3) is 0 Å². The maximum Gasteiger partial charge on any atom is 0.223 e. The van der Waals surface area contributed by atoms with Crippen molar-refractivity contribution in [1.82, 2.24) is 14.8 Å². The van der Waals surface area contributed by atoms with Gasteiger partial charge in [0.05, 0.1) is 7.11 Å². The Bertz CT molecular complexity index is 905. The number of aromatic amines is 1. The lowest BCUT2D eigenvalue weighted by molar-refractivity contribution is 0.0865. The smallest absolute Gasteiger partial charge is 0.223 e. The number of aromatic nitrogens is 1. The Labute approximate surface area is 180 Å². The van der Waals surface area contributed by atoms with Crippen molar-refractivity contribution in [2.24, 2.45) is 5.41 Å². The van der Waals surface area contributed by atoms with Crippen LogP contribution in [-0.2, 0) is 13.1 Å². The first-order valence-electron chi connectivity index (χ1n) is 11.3. The number of rotatable bonds is 6. The van der Waals surface area contributed by atoms with Crippen LogP contribution in [-0.4, -0.2) is 48.1 Å². The normalized spacial score (nSPS) is 22.8. The van der Waals surface area contributed by atoms with Crippen molar-refractivity contribution in [1.29, 1.82) is 0 Å². The van der Waals surface area contributed by atoms with Crippen molar-refractivity contribution in [2.45, 2.75) is 52.1 Å². The van der Waals surface area contributed by atoms with Gasteiger partial charge in [-0.2, -0.15) is 0 Å². The van der Waals surface area contributed by atoms with Gasteiger partial charge in [0.2, 0.25) is 5.43 Å². The van der Waals surface area contributed by atoms with E-state index in [-0.39, 0.29) is 5.43 Å². The number of pyridine rings is 1. The molecule has 0 radical (unpaired) electrons. The standard InChI is InChI=1S/C25H35N3O2/c1-19(2)21-7-5-20(6-8-21)15-27-11-4-9-25(17-27)10-12-28(18-25)16-22-13-23(29)24(30-3)14-26-22/h5-8,13-14,19H,4,9-12,15-18H2,1-3H3,(H,26,29)/t25-/m1/s1. The maximum atomic E-state index is 12.0. The molecule has 1 spiro atoms. The molecule has 2 aliphatic rings. The molecule has 0 amide bonds. The first-order valence-corrected chi connectivity index (χ1v) is 11.3. The molecule has 2 aliphatic heterocycles. The van der Waals surface area contributed by atoms with E-state index in [9.17, 15) is 4.79 Å². The van der Waals surface area contributed by atoms with Crippen LogP contribution in [0.15, 0.2) is 41.3 Å². The summed E-state index contributed by atoms with van der Waals surface area (Å²) in [6.45, 7) is 10.9. The van der Waals surface area contributed by atoms with Gasteiger partial charge in [0.1, 0.15) is 0 Å². The molecule has 0 bridgehead atoms. The summed E-state index contributed by atoms with van der Waals surface area (Å²) in [5.74, 6) is 0.961. The molecule has 3 heterocycles. The van der Waals surface area contributed by atoms with Crippen molar-refractivity contribution in [2.75, 3.05) is 33.3 Å². The highest BCUT2D eigenvalue weighted by atomic mass is 16.5. The van der Waals surface area contributed by atoms with Gasteiger partial charge in [-0.15, -0.1) is 0 Å². The van der Waals surface area contributed by atoms with E-state index in [4.69, 9.17) is 4.74 Å². The molecule has 162 valence electrons. The minimum Gasteiger partial charge on any atom is -0.491 e. The van der Waals surface area contributed by atoms with E-state index in [1.807, 2.05) is 0 Å². The molecule has 0 saturated carbocycles. The molecule has 30 heavy (non-hydrogen) atoms. The third kappa shape index (κ3) is 4.79. The summed E-state index contributed by atoms with van der Waals surface area (Å²) in [6, 6.07) is 10.9. The largest absolute Gasteiger partial charge is 0.491 e. The second-order valence-corrected chi connectivity index (χ2v) is 9.56. The molecule has 1 atom stereocenters. The lowest BCUT2D eigenvalue weighted by Gasteiger charge is -2.40. The van der Waals surface area contributed by atoms with Gasteiger partial charge in [0, 0.05) is 44.1 Å². The molecule has 4 rings (SSSR count). The van der Waals surface area contributed by atoms with Crippen molar-refractivity contribution >= 4 is 0 Å². The third-order valence-electron chi connectivity index (χ3n) is 6.86. The average molecular weight is 410 g/mol. The lowest BCUT2D eigenvalue weighted by atomic mass is 9.79. The number of nitrogens with zero attached hydrogens (tertiary/aromatic N) is 2. The van der Waals surface area contributed by atoms with Crippen molar-refractivity contribution in [3.63, 3.8) is 0 Å². The van der Waals surface area contributed by atoms with Crippen LogP contribution in [0.3, 0.4) is 0 Å². The summed E-state index contributed by atoms with van der Waals surface area (Å²) in [5, 5.41) is 0. The van der Waals surface area contributed by atoms with Crippen LogP contribution in [0.1, 0.15) is 55.8 Å². The number of nitrogens with one attached hydrogen (secondary N) is 1. The summed E-state index contributed by atoms with van der Waals surface area (Å²) in [5.41, 5.74) is 4.14. The number of methoxy groups -OCH3 is 1. The number of benzene rings is 1. The van der Waals surface area contributed by atoms with E-state index in [2.05, 4.69) is 52.9 Å². The highest BCUT2D eigenvalue weighted by Crippen LogP contribution is 2.39. The van der Waals surface area contributed by atoms with Crippen LogP contribution in [0.2, 0.25) is 0 Å². The fraction of sp³-hybridized carbons (Fsp3) is 0.560. The van der Waals surface area contributed by atoms with Gasteiger partial charge in [-0.1, -0.05) is 38.1 Å². The quantitative estimate of drug-likeness (QED) is 0.784. The zero-order chi connectivity index (χ0) is 21.1. The molecule has 1 aromatic carbocycles. The van der Waals surface area contributed by atoms with Gasteiger partial charge < -0.3 is 9.72 Å². The van der Waals surface area contributed by atoms with Crippen molar-refractivity contribution < 1.29 is 4.74 Å². The number of hydrogen-bond acceptors (Lipinski definition) is 4. The molecule has 0 aliphatic carbocycles. The van der Waals surface area contributed by atoms with Crippen molar-refractivity contribution in [3.05, 3.63) is 63.6 Å². The fourth-order valence-electron chi connectivity index (χ4n) is 5.20. The molecular weight excluding hydrogens is 374 g/mol. The first kappa shape index (κ1) is 21.1. The second kappa shape index (κ2) is 8.94. The van der Waals surface area contributed by atoms with E-state index in [0.29, 0.717) is 17.1 Å². The summed E-state index contributed by atoms with van der Waals surface area (Å²) in [7, 11) is 1.53. The highest BCUT2D eigenvalue weighted by Gasteiger charge is 2.41. The van der Waals surface area contributed by atoms with E-state index < -0.39 is 0 Å². The SMILES string of the molecule is COc1c[nH]c(CN2CC[C@@]3(CCCN(Cc4ccc(C(C)C)cc4)C3)C2)cc1=O. The Kier molecular flexibility index (Phi) is 6.30. The topological polar surface area (TPSA) is 48.6 Å². The zero-order valence-electron chi connectivity index (χ0n) is 18.6. The summed E-state index contributed by atoms with van der Waals surface area (Å²) in [6.07, 6.45) is 5.51. The number of likely N-dealkylation sites (tertiary alicyclic amines) is 2. The van der Waals surface area contributed by atoms with Crippen LogP contribution in [0, 0.1) is 5.41 Å². The summed E-state index contributed by atoms with van der Waals surface area (Å²) >= 11 is 0. The van der Waals surface area contributed by atoms with Gasteiger partial charge in [-0.25, -0.2) is 0 Å². The van der Waals surface area contributed by atoms with Crippen LogP contribution >= 0.6 is 0 Å². The molecular formula is C25H35N3O2. The molecule has 2 aromatic rings. The Morgan fingerprint density at radius 1 is 1.07 bits per heavy atom. The van der Waals surface area contributed by atoms with Gasteiger partial charge in [-0.05, 0) is 54.8 Å². The monoisotopic (exact) mass is 409 g/mol. The van der Waals surface area contributed by atoms with Crippen molar-refractivity contribution in [3.8, 4) is 5.75 Å². The molecule has 5 nitrogen and oxygen atoms in total.